The highest BCUT2D eigenvalue weighted by molar-refractivity contribution is 5.64. The number of nitrogens with two attached hydrogens (primary N) is 1. The van der Waals surface area contributed by atoms with E-state index >= 15 is 0 Å². The Hall–Kier alpha value is -2.10. The van der Waals surface area contributed by atoms with E-state index in [2.05, 4.69) is 48.2 Å². The number of nitrogens with zero attached hydrogens (tertiary/aromatic N) is 2. The van der Waals surface area contributed by atoms with Crippen LogP contribution in [0.3, 0.4) is 0 Å². The molecule has 0 atom stereocenters. The average Bonchev–Trinajstić information content (AvgIpc) is 2.28. The quantitative estimate of drug-likeness (QED) is 0.849. The molecule has 0 bridgehead atoms. The molecule has 2 rings (SSSR count). The van der Waals surface area contributed by atoms with Crippen LogP contribution in [0.5, 0.6) is 0 Å². The van der Waals surface area contributed by atoms with Gasteiger partial charge in [-0.3, -0.25) is 0 Å². The summed E-state index contributed by atoms with van der Waals surface area (Å²) in [6.45, 7) is 8.12. The Kier molecular flexibility index (Phi) is 3.19. The van der Waals surface area contributed by atoms with Crippen molar-refractivity contribution in [3.05, 3.63) is 40.6 Å². The molecule has 0 saturated carbocycles. The summed E-state index contributed by atoms with van der Waals surface area (Å²) in [5, 5.41) is 3.23. The van der Waals surface area contributed by atoms with Gasteiger partial charge in [-0.2, -0.15) is 4.98 Å². The maximum atomic E-state index is 5.78. The van der Waals surface area contributed by atoms with Crippen LogP contribution in [0, 0.1) is 27.7 Å². The summed E-state index contributed by atoms with van der Waals surface area (Å²) in [7, 11) is 0. The zero-order chi connectivity index (χ0) is 13.3. The topological polar surface area (TPSA) is 63.8 Å². The highest BCUT2D eigenvalue weighted by Crippen LogP contribution is 2.24. The third kappa shape index (κ3) is 2.42. The van der Waals surface area contributed by atoms with E-state index < -0.39 is 0 Å². The molecule has 18 heavy (non-hydrogen) atoms. The van der Waals surface area contributed by atoms with Crippen molar-refractivity contribution in [3.63, 3.8) is 0 Å². The van der Waals surface area contributed by atoms with Gasteiger partial charge in [0.25, 0.3) is 0 Å². The van der Waals surface area contributed by atoms with E-state index in [4.69, 9.17) is 5.73 Å². The third-order valence-electron chi connectivity index (χ3n) is 2.92. The molecule has 1 heterocycles. The molecule has 3 N–H and O–H groups in total. The van der Waals surface area contributed by atoms with Crippen LogP contribution in [-0.2, 0) is 0 Å². The Balaban J connectivity index is 2.37. The Bertz CT molecular complexity index is 567. The summed E-state index contributed by atoms with van der Waals surface area (Å²) in [5.74, 6) is 1.04. The molecule has 1 aromatic heterocycles. The van der Waals surface area contributed by atoms with Crippen molar-refractivity contribution in [1.82, 2.24) is 9.97 Å². The average molecular weight is 242 g/mol. The standard InChI is InChI=1S/C14H18N4/c1-8-5-9(2)12(10(3)6-8)17-14-16-7-11(4)13(15)18-14/h5-7H,1-4H3,(H3,15,16,17,18). The predicted octanol–water partition coefficient (Wildman–Crippen LogP) is 3.04. The van der Waals surface area contributed by atoms with E-state index in [9.17, 15) is 0 Å². The van der Waals surface area contributed by atoms with Gasteiger partial charge in [-0.1, -0.05) is 17.7 Å². The summed E-state index contributed by atoms with van der Waals surface area (Å²) in [4.78, 5) is 8.47. The molecule has 94 valence electrons. The van der Waals surface area contributed by atoms with Gasteiger partial charge in [-0.15, -0.1) is 0 Å². The highest BCUT2D eigenvalue weighted by Gasteiger charge is 2.06. The van der Waals surface area contributed by atoms with Crippen LogP contribution in [0.25, 0.3) is 0 Å². The van der Waals surface area contributed by atoms with E-state index in [-0.39, 0.29) is 0 Å². The lowest BCUT2D eigenvalue weighted by Gasteiger charge is -2.13. The second-order valence-electron chi connectivity index (χ2n) is 4.66. The lowest BCUT2D eigenvalue weighted by molar-refractivity contribution is 1.13. The van der Waals surface area contributed by atoms with Crippen molar-refractivity contribution < 1.29 is 0 Å². The van der Waals surface area contributed by atoms with Crippen molar-refractivity contribution in [1.29, 1.82) is 0 Å². The second-order valence-corrected chi connectivity index (χ2v) is 4.66. The number of hydrogen-bond acceptors (Lipinski definition) is 4. The number of anilines is 3. The monoisotopic (exact) mass is 242 g/mol. The zero-order valence-corrected chi connectivity index (χ0v) is 11.2. The van der Waals surface area contributed by atoms with Gasteiger partial charge < -0.3 is 11.1 Å². The number of hydrogen-bond donors (Lipinski definition) is 2. The van der Waals surface area contributed by atoms with Crippen molar-refractivity contribution in [2.75, 3.05) is 11.1 Å². The maximum Gasteiger partial charge on any atom is 0.229 e. The minimum absolute atomic E-state index is 0.509. The van der Waals surface area contributed by atoms with Crippen LogP contribution in [0.15, 0.2) is 18.3 Å². The molecule has 4 heteroatoms. The first-order valence-electron chi connectivity index (χ1n) is 5.91. The van der Waals surface area contributed by atoms with E-state index in [1.165, 1.54) is 16.7 Å². The van der Waals surface area contributed by atoms with Gasteiger partial charge in [0.1, 0.15) is 5.82 Å². The molecule has 0 amide bonds. The number of aryl methyl sites for hydroxylation is 4. The molecule has 4 nitrogen and oxygen atoms in total. The van der Waals surface area contributed by atoms with Gasteiger partial charge in [0, 0.05) is 17.4 Å². The summed E-state index contributed by atoms with van der Waals surface area (Å²) in [6, 6.07) is 4.26. The maximum absolute atomic E-state index is 5.78. The summed E-state index contributed by atoms with van der Waals surface area (Å²) < 4.78 is 0. The molecule has 0 saturated heterocycles. The first kappa shape index (κ1) is 12.4. The fraction of sp³-hybridized carbons (Fsp3) is 0.286. The smallest absolute Gasteiger partial charge is 0.229 e. The summed E-state index contributed by atoms with van der Waals surface area (Å²) >= 11 is 0. The Labute approximate surface area is 107 Å². The fourth-order valence-corrected chi connectivity index (χ4v) is 2.00. The van der Waals surface area contributed by atoms with Crippen LogP contribution in [0.1, 0.15) is 22.3 Å². The molecule has 0 aliphatic heterocycles. The first-order valence-corrected chi connectivity index (χ1v) is 5.91. The number of benzene rings is 1. The first-order chi connectivity index (χ1) is 8.47. The van der Waals surface area contributed by atoms with Crippen LogP contribution < -0.4 is 11.1 Å². The zero-order valence-electron chi connectivity index (χ0n) is 11.2. The Morgan fingerprint density at radius 3 is 2.17 bits per heavy atom. The fourth-order valence-electron chi connectivity index (χ4n) is 2.00. The molecule has 0 aliphatic rings. The van der Waals surface area contributed by atoms with Crippen molar-refractivity contribution in [3.8, 4) is 0 Å². The normalized spacial score (nSPS) is 10.4. The SMILES string of the molecule is Cc1cc(C)c(Nc2ncc(C)c(N)n2)c(C)c1. The molecule has 0 fully saturated rings. The molecular weight excluding hydrogens is 224 g/mol. The minimum Gasteiger partial charge on any atom is -0.383 e. The van der Waals surface area contributed by atoms with Crippen LogP contribution in [0.4, 0.5) is 17.5 Å². The number of nitrogen functional groups attached to an aromatic ring is 1. The number of aromatic nitrogens is 2. The van der Waals surface area contributed by atoms with Gasteiger partial charge in [-0.05, 0) is 38.8 Å². The van der Waals surface area contributed by atoms with E-state index in [0.29, 0.717) is 11.8 Å². The van der Waals surface area contributed by atoms with Crippen LogP contribution >= 0.6 is 0 Å². The van der Waals surface area contributed by atoms with Gasteiger partial charge in [0.2, 0.25) is 5.95 Å². The van der Waals surface area contributed by atoms with Gasteiger partial charge in [0.05, 0.1) is 0 Å². The van der Waals surface area contributed by atoms with E-state index in [1.807, 2.05) is 6.92 Å². The molecular formula is C14H18N4. The van der Waals surface area contributed by atoms with E-state index in [1.54, 1.807) is 6.20 Å². The summed E-state index contributed by atoms with van der Waals surface area (Å²) in [5.41, 5.74) is 11.3. The lowest BCUT2D eigenvalue weighted by atomic mass is 10.1. The summed E-state index contributed by atoms with van der Waals surface area (Å²) in [6.07, 6.45) is 1.73. The largest absolute Gasteiger partial charge is 0.383 e. The van der Waals surface area contributed by atoms with Gasteiger partial charge in [-0.25, -0.2) is 4.98 Å². The number of rotatable bonds is 2. The van der Waals surface area contributed by atoms with Gasteiger partial charge >= 0.3 is 0 Å². The molecule has 0 unspecified atom stereocenters. The molecule has 2 aromatic rings. The van der Waals surface area contributed by atoms with Crippen molar-refractivity contribution in [2.45, 2.75) is 27.7 Å². The van der Waals surface area contributed by atoms with Crippen molar-refractivity contribution in [2.24, 2.45) is 0 Å². The van der Waals surface area contributed by atoms with Crippen molar-refractivity contribution >= 4 is 17.5 Å². The highest BCUT2D eigenvalue weighted by atomic mass is 15.1. The predicted molar refractivity (Wildman–Crippen MR) is 75.1 cm³/mol. The number of nitrogens with one attached hydrogen (secondary N) is 1. The van der Waals surface area contributed by atoms with Crippen LogP contribution in [0.2, 0.25) is 0 Å². The Morgan fingerprint density at radius 1 is 1.00 bits per heavy atom. The second kappa shape index (κ2) is 4.64. The molecule has 0 radical (unpaired) electrons. The lowest BCUT2D eigenvalue weighted by Crippen LogP contribution is -2.04. The van der Waals surface area contributed by atoms with Gasteiger partial charge in [0.15, 0.2) is 0 Å². The Morgan fingerprint density at radius 2 is 1.61 bits per heavy atom. The minimum atomic E-state index is 0.509. The molecule has 1 aromatic carbocycles. The van der Waals surface area contributed by atoms with Crippen LogP contribution in [-0.4, -0.2) is 9.97 Å². The van der Waals surface area contributed by atoms with E-state index in [0.717, 1.165) is 11.3 Å². The molecule has 0 aliphatic carbocycles. The molecule has 0 spiro atoms. The third-order valence-corrected chi connectivity index (χ3v) is 2.92.